The Morgan fingerprint density at radius 2 is 1.83 bits per heavy atom. The Bertz CT molecular complexity index is 976. The third kappa shape index (κ3) is 4.19. The summed E-state index contributed by atoms with van der Waals surface area (Å²) in [6, 6.07) is 5.78. The summed E-state index contributed by atoms with van der Waals surface area (Å²) in [7, 11) is 0. The normalized spacial score (nSPS) is 20.1. The number of nitrogens with zero attached hydrogens (tertiary/aromatic N) is 3. The van der Waals surface area contributed by atoms with E-state index in [-0.39, 0.29) is 11.4 Å². The zero-order valence-corrected chi connectivity index (χ0v) is 15.8. The molecule has 0 aliphatic heterocycles. The highest BCUT2D eigenvalue weighted by atomic mass is 19.4. The summed E-state index contributed by atoms with van der Waals surface area (Å²) < 4.78 is 40.8. The van der Waals surface area contributed by atoms with E-state index in [1.807, 2.05) is 0 Å². The Labute approximate surface area is 166 Å². The van der Waals surface area contributed by atoms with Crippen LogP contribution in [0.3, 0.4) is 0 Å². The molecule has 0 unspecified atom stereocenters. The molecule has 9 heteroatoms. The molecule has 29 heavy (non-hydrogen) atoms. The minimum absolute atomic E-state index is 0.146. The molecule has 1 aliphatic rings. The highest BCUT2D eigenvalue weighted by Gasteiger charge is 2.36. The number of pyridine rings is 2. The van der Waals surface area contributed by atoms with Crippen molar-refractivity contribution in [1.29, 1.82) is 0 Å². The van der Waals surface area contributed by atoms with Crippen molar-refractivity contribution in [2.45, 2.75) is 31.9 Å². The topological polar surface area (TPSA) is 92.5 Å². The molecule has 0 spiro atoms. The van der Waals surface area contributed by atoms with Crippen LogP contribution in [0.4, 0.5) is 19.0 Å². The number of hydrogen-bond donors (Lipinski definition) is 3. The van der Waals surface area contributed by atoms with Gasteiger partial charge in [-0.1, -0.05) is 0 Å². The Hall–Kier alpha value is -2.68. The average Bonchev–Trinajstić information content (AvgIpc) is 3.16. The van der Waals surface area contributed by atoms with Gasteiger partial charge in [0.25, 0.3) is 0 Å². The summed E-state index contributed by atoms with van der Waals surface area (Å²) in [5.41, 5.74) is 5.29. The Balaban J connectivity index is 1.60. The van der Waals surface area contributed by atoms with Crippen molar-refractivity contribution in [2.24, 2.45) is 17.6 Å². The lowest BCUT2D eigenvalue weighted by atomic mass is 9.82. The molecule has 1 fully saturated rings. The van der Waals surface area contributed by atoms with E-state index in [0.29, 0.717) is 35.2 Å². The molecule has 154 valence electrons. The fraction of sp³-hybridized carbons (Fsp3) is 0.450. The zero-order valence-electron chi connectivity index (χ0n) is 15.8. The van der Waals surface area contributed by atoms with Gasteiger partial charge >= 0.3 is 6.18 Å². The van der Waals surface area contributed by atoms with Crippen LogP contribution in [0.2, 0.25) is 0 Å². The van der Waals surface area contributed by atoms with Crippen molar-refractivity contribution in [3.8, 4) is 11.4 Å². The zero-order chi connectivity index (χ0) is 20.4. The number of nitrogens with one attached hydrogen (secondary N) is 2. The molecule has 3 aromatic rings. The quantitative estimate of drug-likeness (QED) is 0.592. The Morgan fingerprint density at radius 1 is 1.07 bits per heavy atom. The van der Waals surface area contributed by atoms with Gasteiger partial charge in [-0.2, -0.15) is 18.3 Å². The Morgan fingerprint density at radius 3 is 2.55 bits per heavy atom. The summed E-state index contributed by atoms with van der Waals surface area (Å²) >= 11 is 0. The molecule has 0 aromatic carbocycles. The van der Waals surface area contributed by atoms with E-state index in [2.05, 4.69) is 25.5 Å². The first-order chi connectivity index (χ1) is 14.0. The summed E-state index contributed by atoms with van der Waals surface area (Å²) in [5, 5.41) is 10.5. The van der Waals surface area contributed by atoms with Gasteiger partial charge in [-0.15, -0.1) is 0 Å². The second kappa shape index (κ2) is 7.98. The van der Waals surface area contributed by atoms with Crippen molar-refractivity contribution in [1.82, 2.24) is 20.2 Å². The number of fused-ring (bicyclic) bond motifs is 1. The molecule has 0 amide bonds. The van der Waals surface area contributed by atoms with E-state index in [1.54, 1.807) is 18.3 Å². The van der Waals surface area contributed by atoms with Gasteiger partial charge in [0, 0.05) is 18.1 Å². The number of nitrogens with two attached hydrogens (primary N) is 1. The lowest BCUT2D eigenvalue weighted by Gasteiger charge is -2.27. The monoisotopic (exact) mass is 404 g/mol. The van der Waals surface area contributed by atoms with Crippen LogP contribution >= 0.6 is 0 Å². The number of rotatable bonds is 5. The van der Waals surface area contributed by atoms with E-state index in [0.717, 1.165) is 38.3 Å². The first kappa shape index (κ1) is 19.6. The molecule has 4 rings (SSSR count). The van der Waals surface area contributed by atoms with Crippen LogP contribution in [0.1, 0.15) is 31.2 Å². The molecule has 3 heterocycles. The van der Waals surface area contributed by atoms with E-state index in [1.165, 1.54) is 6.07 Å². The number of H-pyrrole nitrogens is 1. The van der Waals surface area contributed by atoms with Crippen molar-refractivity contribution < 1.29 is 13.2 Å². The molecular formula is C20H23F3N6. The van der Waals surface area contributed by atoms with E-state index < -0.39 is 11.7 Å². The van der Waals surface area contributed by atoms with Crippen molar-refractivity contribution in [2.75, 3.05) is 18.4 Å². The minimum Gasteiger partial charge on any atom is -0.370 e. The molecule has 0 radical (unpaired) electrons. The van der Waals surface area contributed by atoms with Crippen molar-refractivity contribution in [3.63, 3.8) is 0 Å². The summed E-state index contributed by atoms with van der Waals surface area (Å²) in [6.45, 7) is 1.40. The second-order valence-corrected chi connectivity index (χ2v) is 7.57. The van der Waals surface area contributed by atoms with Crippen LogP contribution in [0.15, 0.2) is 30.5 Å². The van der Waals surface area contributed by atoms with Gasteiger partial charge in [-0.25, -0.2) is 9.97 Å². The predicted octanol–water partition coefficient (Wildman–Crippen LogP) is 4.22. The van der Waals surface area contributed by atoms with Crippen LogP contribution in [-0.4, -0.2) is 33.3 Å². The molecule has 1 saturated carbocycles. The van der Waals surface area contributed by atoms with Gasteiger partial charge < -0.3 is 11.1 Å². The standard InChI is InChI=1S/C20H23F3N6/c21-20(22,23)15-7-8-16(26-11-13-5-3-12(10-24)4-6-13)27-18(15)17-14-2-1-9-25-19(14)29-28-17/h1-2,7-9,12-13H,3-6,10-11,24H2,(H,26,27)(H,25,28,29). The van der Waals surface area contributed by atoms with Crippen LogP contribution in [0, 0.1) is 11.8 Å². The SMILES string of the molecule is NCC1CCC(CNc2ccc(C(F)(F)F)c(-c3n[nH]c4ncccc34)n2)CC1. The van der Waals surface area contributed by atoms with E-state index in [9.17, 15) is 13.2 Å². The van der Waals surface area contributed by atoms with Crippen LogP contribution in [-0.2, 0) is 6.18 Å². The first-order valence-corrected chi connectivity index (χ1v) is 9.77. The number of aromatic amines is 1. The van der Waals surface area contributed by atoms with Gasteiger partial charge in [0.05, 0.1) is 5.56 Å². The van der Waals surface area contributed by atoms with Crippen LogP contribution in [0.25, 0.3) is 22.4 Å². The van der Waals surface area contributed by atoms with Gasteiger partial charge in [0.2, 0.25) is 0 Å². The first-order valence-electron chi connectivity index (χ1n) is 9.77. The third-order valence-corrected chi connectivity index (χ3v) is 5.63. The van der Waals surface area contributed by atoms with E-state index >= 15 is 0 Å². The maximum absolute atomic E-state index is 13.6. The lowest BCUT2D eigenvalue weighted by molar-refractivity contribution is -0.137. The summed E-state index contributed by atoms with van der Waals surface area (Å²) in [6.07, 6.45) is 1.35. The van der Waals surface area contributed by atoms with Crippen LogP contribution < -0.4 is 11.1 Å². The maximum Gasteiger partial charge on any atom is 0.418 e. The summed E-state index contributed by atoms with van der Waals surface area (Å²) in [5.74, 6) is 1.47. The molecule has 1 aliphatic carbocycles. The van der Waals surface area contributed by atoms with E-state index in [4.69, 9.17) is 5.73 Å². The highest BCUT2D eigenvalue weighted by molar-refractivity contribution is 5.90. The Kier molecular flexibility index (Phi) is 5.40. The molecule has 0 atom stereocenters. The molecule has 0 saturated heterocycles. The number of anilines is 1. The fourth-order valence-corrected chi connectivity index (χ4v) is 3.92. The maximum atomic E-state index is 13.6. The highest BCUT2D eigenvalue weighted by Crippen LogP contribution is 2.38. The smallest absolute Gasteiger partial charge is 0.370 e. The predicted molar refractivity (Wildman–Crippen MR) is 105 cm³/mol. The second-order valence-electron chi connectivity index (χ2n) is 7.57. The molecule has 3 aromatic heterocycles. The number of halogens is 3. The van der Waals surface area contributed by atoms with Gasteiger partial charge in [0.1, 0.15) is 17.2 Å². The largest absolute Gasteiger partial charge is 0.418 e. The molecule has 0 bridgehead atoms. The fourth-order valence-electron chi connectivity index (χ4n) is 3.92. The lowest BCUT2D eigenvalue weighted by Crippen LogP contribution is -2.25. The van der Waals surface area contributed by atoms with Crippen molar-refractivity contribution >= 4 is 16.9 Å². The van der Waals surface area contributed by atoms with Crippen LogP contribution in [0.5, 0.6) is 0 Å². The van der Waals surface area contributed by atoms with Gasteiger partial charge in [-0.05, 0) is 68.3 Å². The minimum atomic E-state index is -4.53. The number of alkyl halides is 3. The molecular weight excluding hydrogens is 381 g/mol. The summed E-state index contributed by atoms with van der Waals surface area (Å²) in [4.78, 5) is 8.39. The van der Waals surface area contributed by atoms with Gasteiger partial charge in [0.15, 0.2) is 5.65 Å². The number of hydrogen-bond acceptors (Lipinski definition) is 5. The third-order valence-electron chi connectivity index (χ3n) is 5.63. The van der Waals surface area contributed by atoms with Gasteiger partial charge in [-0.3, -0.25) is 5.10 Å². The molecule has 4 N–H and O–H groups in total. The van der Waals surface area contributed by atoms with Crippen molar-refractivity contribution in [3.05, 3.63) is 36.0 Å². The number of aromatic nitrogens is 4. The average molecular weight is 404 g/mol. The molecule has 6 nitrogen and oxygen atoms in total.